The minimum Gasteiger partial charge on any atom is -0.478 e. The van der Waals surface area contributed by atoms with Crippen LogP contribution in [0.15, 0.2) is 40.8 Å². The molecule has 1 aromatic heterocycles. The van der Waals surface area contributed by atoms with Gasteiger partial charge in [0.15, 0.2) is 17.3 Å². The highest BCUT2D eigenvalue weighted by atomic mass is 19.1. The van der Waals surface area contributed by atoms with Crippen LogP contribution in [-0.4, -0.2) is 57.3 Å². The fourth-order valence-electron chi connectivity index (χ4n) is 2.84. The predicted molar refractivity (Wildman–Crippen MR) is 120 cm³/mol. The van der Waals surface area contributed by atoms with E-state index in [1.165, 1.54) is 36.3 Å². The van der Waals surface area contributed by atoms with E-state index in [1.807, 2.05) is 0 Å². The summed E-state index contributed by atoms with van der Waals surface area (Å²) < 4.78 is 36.8. The third kappa shape index (κ3) is 6.06. The molecule has 0 aliphatic rings. The molecule has 8 nitrogen and oxygen atoms in total. The molecule has 0 saturated heterocycles. The Labute approximate surface area is 190 Å². The highest BCUT2D eigenvalue weighted by Crippen LogP contribution is 2.30. The Hall–Kier alpha value is -3.95. The van der Waals surface area contributed by atoms with Gasteiger partial charge in [0.2, 0.25) is 0 Å². The first kappa shape index (κ1) is 25.3. The Bertz CT molecular complexity index is 1160. The van der Waals surface area contributed by atoms with E-state index in [0.717, 1.165) is 6.07 Å². The minimum atomic E-state index is -1.05. The molecule has 3 aromatic rings. The molecular formula is C23H25F2N3O5. The third-order valence-electron chi connectivity index (χ3n) is 4.48. The summed E-state index contributed by atoms with van der Waals surface area (Å²) in [5.41, 5.74) is 1.41. The maximum absolute atomic E-state index is 13.7. The van der Waals surface area contributed by atoms with E-state index >= 15 is 0 Å². The maximum atomic E-state index is 13.7. The number of oxazole rings is 1. The maximum Gasteiger partial charge on any atom is 0.360 e. The number of anilines is 2. The van der Waals surface area contributed by atoms with Gasteiger partial charge in [0, 0.05) is 40.7 Å². The zero-order valence-corrected chi connectivity index (χ0v) is 19.1. The Morgan fingerprint density at radius 1 is 0.970 bits per heavy atom. The van der Waals surface area contributed by atoms with Crippen LogP contribution in [0.3, 0.4) is 0 Å². The molecule has 0 fully saturated rings. The molecule has 1 N–H and O–H groups in total. The molecule has 10 heteroatoms. The number of carbonyl (C=O) groups is 2. The number of carboxylic acids is 1. The van der Waals surface area contributed by atoms with E-state index in [0.29, 0.717) is 17.1 Å². The van der Waals surface area contributed by atoms with Crippen LogP contribution in [0.25, 0.3) is 11.3 Å². The largest absolute Gasteiger partial charge is 0.478 e. The number of rotatable bonds is 5. The minimum absolute atomic E-state index is 0.0846. The molecule has 3 rings (SSSR count). The number of halogens is 2. The molecule has 0 atom stereocenters. The number of benzene rings is 2. The third-order valence-corrected chi connectivity index (χ3v) is 4.48. The second kappa shape index (κ2) is 10.6. The lowest BCUT2D eigenvalue weighted by Gasteiger charge is -2.14. The Kier molecular flexibility index (Phi) is 8.11. The molecule has 0 saturated carbocycles. The van der Waals surface area contributed by atoms with Gasteiger partial charge in [-0.1, -0.05) is 0 Å². The molecule has 1 heterocycles. The summed E-state index contributed by atoms with van der Waals surface area (Å²) in [4.78, 5) is 29.4. The monoisotopic (exact) mass is 461 g/mol. The number of aromatic carboxylic acids is 1. The van der Waals surface area contributed by atoms with Crippen molar-refractivity contribution < 1.29 is 32.6 Å². The van der Waals surface area contributed by atoms with Gasteiger partial charge in [0.05, 0.1) is 24.0 Å². The molecule has 0 bridgehead atoms. The average Bonchev–Trinajstić information content (AvgIpc) is 3.15. The van der Waals surface area contributed by atoms with E-state index in [9.17, 15) is 18.4 Å². The van der Waals surface area contributed by atoms with Crippen molar-refractivity contribution in [1.82, 2.24) is 4.98 Å². The summed E-state index contributed by atoms with van der Waals surface area (Å²) in [7, 11) is 8.05. The van der Waals surface area contributed by atoms with Crippen molar-refractivity contribution in [3.05, 3.63) is 65.2 Å². The summed E-state index contributed by atoms with van der Waals surface area (Å²) in [5.74, 6) is -1.80. The van der Waals surface area contributed by atoms with Gasteiger partial charge >= 0.3 is 11.9 Å². The first-order valence-electron chi connectivity index (χ1n) is 9.69. The number of ether oxygens (including phenoxy) is 1. The van der Waals surface area contributed by atoms with Gasteiger partial charge in [0.1, 0.15) is 11.6 Å². The van der Waals surface area contributed by atoms with Crippen LogP contribution in [0.2, 0.25) is 0 Å². The SMILES string of the molecule is CN(C)c1cc(C(=O)O)ccc1F.COC(=O)c1nc(C)oc1-c1ccc(F)c(N(C)C)c1. The predicted octanol–water partition coefficient (Wildman–Crippen LogP) is 4.23. The average molecular weight is 461 g/mol. The van der Waals surface area contributed by atoms with Crippen LogP contribution in [0.4, 0.5) is 20.2 Å². The molecule has 0 radical (unpaired) electrons. The molecule has 2 aromatic carbocycles. The second-order valence-electron chi connectivity index (χ2n) is 7.33. The Balaban J connectivity index is 0.000000257. The van der Waals surface area contributed by atoms with Crippen molar-refractivity contribution in [2.75, 3.05) is 45.1 Å². The number of nitrogens with zero attached hydrogens (tertiary/aromatic N) is 3. The van der Waals surface area contributed by atoms with Gasteiger partial charge in [-0.3, -0.25) is 0 Å². The summed E-state index contributed by atoms with van der Waals surface area (Å²) in [6, 6.07) is 8.15. The smallest absolute Gasteiger partial charge is 0.360 e. The van der Waals surface area contributed by atoms with Gasteiger partial charge < -0.3 is 24.1 Å². The Morgan fingerprint density at radius 2 is 1.52 bits per heavy atom. The first-order valence-corrected chi connectivity index (χ1v) is 9.69. The zero-order chi connectivity index (χ0) is 24.9. The molecule has 0 amide bonds. The molecule has 0 spiro atoms. The lowest BCUT2D eigenvalue weighted by atomic mass is 10.1. The quantitative estimate of drug-likeness (QED) is 0.564. The Morgan fingerprint density at radius 3 is 2.03 bits per heavy atom. The lowest BCUT2D eigenvalue weighted by Crippen LogP contribution is -2.11. The molecule has 176 valence electrons. The van der Waals surface area contributed by atoms with Gasteiger partial charge in [-0.25, -0.2) is 23.4 Å². The van der Waals surface area contributed by atoms with Crippen LogP contribution >= 0.6 is 0 Å². The fraction of sp³-hybridized carbons (Fsp3) is 0.261. The number of aryl methyl sites for hydroxylation is 1. The van der Waals surface area contributed by atoms with Crippen LogP contribution in [0.5, 0.6) is 0 Å². The number of hydrogen-bond acceptors (Lipinski definition) is 7. The van der Waals surface area contributed by atoms with E-state index in [2.05, 4.69) is 9.72 Å². The number of methoxy groups -OCH3 is 1. The van der Waals surface area contributed by atoms with Crippen molar-refractivity contribution >= 4 is 23.3 Å². The number of hydrogen-bond donors (Lipinski definition) is 1. The highest BCUT2D eigenvalue weighted by molar-refractivity contribution is 5.94. The molecule has 0 aliphatic carbocycles. The van der Waals surface area contributed by atoms with Crippen LogP contribution in [0, 0.1) is 18.6 Å². The van der Waals surface area contributed by atoms with Gasteiger partial charge in [-0.2, -0.15) is 0 Å². The normalized spacial score (nSPS) is 10.2. The topological polar surface area (TPSA) is 96.1 Å². The summed E-state index contributed by atoms with van der Waals surface area (Å²) in [6.45, 7) is 1.63. The molecular weight excluding hydrogens is 436 g/mol. The molecule has 0 unspecified atom stereocenters. The van der Waals surface area contributed by atoms with Crippen LogP contribution in [0.1, 0.15) is 26.7 Å². The van der Waals surface area contributed by atoms with Gasteiger partial charge in [0.25, 0.3) is 0 Å². The summed E-state index contributed by atoms with van der Waals surface area (Å²) in [6.07, 6.45) is 0. The van der Waals surface area contributed by atoms with E-state index in [4.69, 9.17) is 9.52 Å². The first-order chi connectivity index (χ1) is 15.5. The standard InChI is InChI=1S/C14H15FN2O3.C9H10FNO2/c1-8-16-12(14(18)19-4)13(20-8)9-5-6-10(15)11(7-9)17(2)3;1-11(2)8-5-6(9(12)13)3-4-7(8)10/h5-7H,1-4H3;3-5H,1-2H3,(H,12,13). The summed E-state index contributed by atoms with van der Waals surface area (Å²) in [5, 5.41) is 8.64. The van der Waals surface area contributed by atoms with Gasteiger partial charge in [-0.05, 0) is 36.4 Å². The van der Waals surface area contributed by atoms with Crippen LogP contribution < -0.4 is 9.80 Å². The summed E-state index contributed by atoms with van der Waals surface area (Å²) >= 11 is 0. The van der Waals surface area contributed by atoms with Crippen molar-refractivity contribution in [3.63, 3.8) is 0 Å². The second-order valence-corrected chi connectivity index (χ2v) is 7.33. The highest BCUT2D eigenvalue weighted by Gasteiger charge is 2.21. The number of esters is 1. The lowest BCUT2D eigenvalue weighted by molar-refractivity contribution is 0.0594. The number of carboxylic acid groups (broad SMARTS) is 1. The van der Waals surface area contributed by atoms with E-state index in [-0.39, 0.29) is 28.5 Å². The molecule has 0 aliphatic heterocycles. The zero-order valence-electron chi connectivity index (χ0n) is 19.1. The molecule has 33 heavy (non-hydrogen) atoms. The van der Waals surface area contributed by atoms with Crippen LogP contribution in [-0.2, 0) is 4.74 Å². The van der Waals surface area contributed by atoms with E-state index < -0.39 is 17.8 Å². The van der Waals surface area contributed by atoms with Crippen molar-refractivity contribution in [3.8, 4) is 11.3 Å². The fourth-order valence-corrected chi connectivity index (χ4v) is 2.84. The number of aromatic nitrogens is 1. The van der Waals surface area contributed by atoms with Crippen molar-refractivity contribution in [1.29, 1.82) is 0 Å². The number of carbonyl (C=O) groups excluding carboxylic acids is 1. The van der Waals surface area contributed by atoms with Gasteiger partial charge in [-0.15, -0.1) is 0 Å². The van der Waals surface area contributed by atoms with Crippen molar-refractivity contribution in [2.24, 2.45) is 0 Å². The van der Waals surface area contributed by atoms with Crippen molar-refractivity contribution in [2.45, 2.75) is 6.92 Å². The van der Waals surface area contributed by atoms with E-state index in [1.54, 1.807) is 46.1 Å².